The zero-order valence-electron chi connectivity index (χ0n) is 11.4. The molecule has 1 N–H and O–H groups in total. The number of amides is 1. The Bertz CT molecular complexity index is 642. The molecule has 2 nitrogen and oxygen atoms in total. The third-order valence-corrected chi connectivity index (χ3v) is 3.27. The van der Waals surface area contributed by atoms with Crippen LogP contribution in [0.25, 0.3) is 0 Å². The smallest absolute Gasteiger partial charge is 0.321 e. The number of carbonyl (C=O) groups is 1. The third-order valence-electron chi connectivity index (χ3n) is 2.86. The van der Waals surface area contributed by atoms with Crippen molar-refractivity contribution in [3.05, 3.63) is 28.8 Å². The van der Waals surface area contributed by atoms with Gasteiger partial charge in [-0.1, -0.05) is 17.7 Å². The topological polar surface area (TPSA) is 29.1 Å². The summed E-state index contributed by atoms with van der Waals surface area (Å²) in [5.41, 5.74) is -0.197. The fourth-order valence-electron chi connectivity index (χ4n) is 1.40. The third kappa shape index (κ3) is 3.26. The summed E-state index contributed by atoms with van der Waals surface area (Å²) in [6, 6.07) is 2.90. The number of hydrogen-bond acceptors (Lipinski definition) is 1. The van der Waals surface area contributed by atoms with E-state index in [1.54, 1.807) is 0 Å². The van der Waals surface area contributed by atoms with E-state index in [0.717, 1.165) is 17.4 Å². The molecule has 0 aliphatic rings. The van der Waals surface area contributed by atoms with Gasteiger partial charge in [-0.15, -0.1) is 0 Å². The first kappa shape index (κ1) is 20.4. The van der Waals surface area contributed by atoms with Gasteiger partial charge in [-0.25, -0.2) is 0 Å². The highest BCUT2D eigenvalue weighted by Gasteiger charge is 2.83. The molecule has 0 aliphatic heterocycles. The maximum absolute atomic E-state index is 13.3. The highest BCUT2D eigenvalue weighted by atomic mass is 35.5. The maximum atomic E-state index is 13.3. The van der Waals surface area contributed by atoms with Gasteiger partial charge < -0.3 is 5.32 Å². The van der Waals surface area contributed by atoms with Gasteiger partial charge in [0.05, 0.1) is 0 Å². The van der Waals surface area contributed by atoms with Crippen molar-refractivity contribution in [1.29, 1.82) is 0 Å². The quantitative estimate of drug-likeness (QED) is 0.719. The average Bonchev–Trinajstić information content (AvgIpc) is 2.41. The van der Waals surface area contributed by atoms with Crippen LogP contribution in [-0.4, -0.2) is 29.9 Å². The molecule has 136 valence electrons. The lowest BCUT2D eigenvalue weighted by atomic mass is 10.0. The van der Waals surface area contributed by atoms with Crippen molar-refractivity contribution < 1.29 is 44.3 Å². The number of rotatable bonds is 4. The molecule has 24 heavy (non-hydrogen) atoms. The molecule has 0 unspecified atom stereocenters. The summed E-state index contributed by atoms with van der Waals surface area (Å²) < 4.78 is 114. The van der Waals surface area contributed by atoms with Gasteiger partial charge in [-0.3, -0.25) is 4.79 Å². The first-order chi connectivity index (χ1) is 10.6. The van der Waals surface area contributed by atoms with Crippen LogP contribution in [0.15, 0.2) is 18.2 Å². The van der Waals surface area contributed by atoms with Crippen LogP contribution in [0, 0.1) is 6.92 Å². The minimum Gasteiger partial charge on any atom is -0.321 e. The number of anilines is 1. The van der Waals surface area contributed by atoms with Gasteiger partial charge in [0.2, 0.25) is 0 Å². The van der Waals surface area contributed by atoms with Crippen molar-refractivity contribution in [3.63, 3.8) is 0 Å². The summed E-state index contributed by atoms with van der Waals surface area (Å²) in [6.45, 7) is 1.46. The molecule has 0 saturated heterocycles. The molecule has 0 atom stereocenters. The van der Waals surface area contributed by atoms with Gasteiger partial charge in [0.25, 0.3) is 0 Å². The molecular formula is C12H7ClF9NO. The number of alkyl halides is 9. The SMILES string of the molecule is Cc1ccc(NC(=O)C(F)(F)C(F)(F)C(F)(F)C(F)(F)F)cc1Cl. The van der Waals surface area contributed by atoms with Crippen LogP contribution >= 0.6 is 11.6 Å². The lowest BCUT2D eigenvalue weighted by Crippen LogP contribution is -2.64. The lowest BCUT2D eigenvalue weighted by Gasteiger charge is -2.32. The summed E-state index contributed by atoms with van der Waals surface area (Å²) in [5.74, 6) is -23.6. The minimum absolute atomic E-state index is 0.0940. The van der Waals surface area contributed by atoms with E-state index in [1.165, 1.54) is 13.0 Å². The van der Waals surface area contributed by atoms with Crippen LogP contribution in [0.5, 0.6) is 0 Å². The molecule has 0 radical (unpaired) electrons. The molecule has 1 aromatic carbocycles. The molecule has 0 spiro atoms. The molecule has 0 aromatic heterocycles. The fraction of sp³-hybridized carbons (Fsp3) is 0.417. The van der Waals surface area contributed by atoms with Crippen molar-refractivity contribution in [2.24, 2.45) is 0 Å². The number of aryl methyl sites for hydroxylation is 1. The Morgan fingerprint density at radius 3 is 1.88 bits per heavy atom. The summed E-state index contributed by atoms with van der Waals surface area (Å²) in [5, 5.41) is 1.03. The van der Waals surface area contributed by atoms with Crippen molar-refractivity contribution in [2.45, 2.75) is 30.9 Å². The van der Waals surface area contributed by atoms with Crippen LogP contribution in [-0.2, 0) is 4.79 Å². The summed E-state index contributed by atoms with van der Waals surface area (Å²) >= 11 is 5.58. The van der Waals surface area contributed by atoms with Gasteiger partial charge >= 0.3 is 29.9 Å². The van der Waals surface area contributed by atoms with Crippen molar-refractivity contribution in [2.75, 3.05) is 5.32 Å². The van der Waals surface area contributed by atoms with E-state index in [4.69, 9.17) is 11.6 Å². The van der Waals surface area contributed by atoms with Crippen molar-refractivity contribution in [1.82, 2.24) is 0 Å². The Labute approximate surface area is 133 Å². The van der Waals surface area contributed by atoms with Crippen molar-refractivity contribution in [3.8, 4) is 0 Å². The lowest BCUT2D eigenvalue weighted by molar-refractivity contribution is -0.388. The van der Waals surface area contributed by atoms with Crippen LogP contribution < -0.4 is 5.32 Å². The molecule has 12 heteroatoms. The maximum Gasteiger partial charge on any atom is 0.460 e. The zero-order valence-corrected chi connectivity index (χ0v) is 12.2. The van der Waals surface area contributed by atoms with E-state index in [-0.39, 0.29) is 5.02 Å². The van der Waals surface area contributed by atoms with Gasteiger partial charge in [0.15, 0.2) is 0 Å². The first-order valence-corrected chi connectivity index (χ1v) is 6.21. The number of nitrogens with one attached hydrogen (secondary N) is 1. The Morgan fingerprint density at radius 1 is 0.958 bits per heavy atom. The van der Waals surface area contributed by atoms with Gasteiger partial charge in [-0.05, 0) is 24.6 Å². The van der Waals surface area contributed by atoms with Crippen LogP contribution in [0.1, 0.15) is 5.56 Å². The molecular weight excluding hydrogens is 381 g/mol. The molecule has 0 aliphatic carbocycles. The normalized spacial score (nSPS) is 13.8. The molecule has 1 aromatic rings. The molecule has 0 bridgehead atoms. The Hall–Kier alpha value is -1.65. The second-order valence-electron chi connectivity index (χ2n) is 4.64. The predicted octanol–water partition coefficient (Wildman–Crippen LogP) is 5.06. The second kappa shape index (κ2) is 6.01. The Kier molecular flexibility index (Phi) is 5.11. The van der Waals surface area contributed by atoms with E-state index >= 15 is 0 Å². The summed E-state index contributed by atoms with van der Waals surface area (Å²) in [7, 11) is 0. The number of carbonyl (C=O) groups excluding carboxylic acids is 1. The average molecular weight is 388 g/mol. The monoisotopic (exact) mass is 387 g/mol. The molecule has 1 amide bonds. The van der Waals surface area contributed by atoms with E-state index in [2.05, 4.69) is 0 Å². The van der Waals surface area contributed by atoms with Crippen LogP contribution in [0.4, 0.5) is 45.2 Å². The predicted molar refractivity (Wildman–Crippen MR) is 65.7 cm³/mol. The van der Waals surface area contributed by atoms with E-state index in [0.29, 0.717) is 5.56 Å². The Morgan fingerprint density at radius 2 is 1.46 bits per heavy atom. The van der Waals surface area contributed by atoms with E-state index in [9.17, 15) is 44.3 Å². The van der Waals surface area contributed by atoms with Gasteiger partial charge in [0, 0.05) is 10.7 Å². The first-order valence-electron chi connectivity index (χ1n) is 5.83. The number of benzene rings is 1. The number of halogens is 10. The molecule has 0 saturated carbocycles. The van der Waals surface area contributed by atoms with Crippen LogP contribution in [0.3, 0.4) is 0 Å². The molecule has 0 heterocycles. The molecule has 1 rings (SSSR count). The summed E-state index contributed by atoms with van der Waals surface area (Å²) in [6.07, 6.45) is -6.99. The Balaban J connectivity index is 3.17. The minimum atomic E-state index is -7.13. The highest BCUT2D eigenvalue weighted by molar-refractivity contribution is 6.31. The second-order valence-corrected chi connectivity index (χ2v) is 5.05. The van der Waals surface area contributed by atoms with Gasteiger partial charge in [0.1, 0.15) is 0 Å². The van der Waals surface area contributed by atoms with E-state index < -0.39 is 35.5 Å². The largest absolute Gasteiger partial charge is 0.460 e. The summed E-state index contributed by atoms with van der Waals surface area (Å²) in [4.78, 5) is 11.2. The standard InChI is InChI=1S/C12H7ClF9NO/c1-5-2-3-6(4-7(5)13)23-8(24)9(14,15)10(16,17)11(18,19)12(20,21)22/h2-4H,1H3,(H,23,24). The van der Waals surface area contributed by atoms with Crippen molar-refractivity contribution >= 4 is 23.2 Å². The van der Waals surface area contributed by atoms with E-state index in [1.807, 2.05) is 0 Å². The van der Waals surface area contributed by atoms with Gasteiger partial charge in [-0.2, -0.15) is 39.5 Å². The fourth-order valence-corrected chi connectivity index (χ4v) is 1.58. The highest BCUT2D eigenvalue weighted by Crippen LogP contribution is 2.53. The van der Waals surface area contributed by atoms with Crippen LogP contribution in [0.2, 0.25) is 5.02 Å². The number of hydrogen-bond donors (Lipinski definition) is 1. The molecule has 0 fully saturated rings. The zero-order chi connectivity index (χ0) is 19.1.